The summed E-state index contributed by atoms with van der Waals surface area (Å²) in [6.45, 7) is 2.35. The fourth-order valence-electron chi connectivity index (χ4n) is 1.49. The number of ether oxygens (including phenoxy) is 1. The van der Waals surface area contributed by atoms with Gasteiger partial charge in [-0.05, 0) is 32.6 Å². The lowest BCUT2D eigenvalue weighted by Gasteiger charge is -2.40. The number of alkyl halides is 3. The van der Waals surface area contributed by atoms with Gasteiger partial charge in [0.2, 0.25) is 0 Å². The molecule has 0 atom stereocenters. The van der Waals surface area contributed by atoms with Crippen molar-refractivity contribution in [2.75, 3.05) is 6.61 Å². The Bertz CT molecular complexity index is 170. The topological polar surface area (TPSA) is 9.23 Å². The molecule has 0 heterocycles. The van der Waals surface area contributed by atoms with E-state index in [0.717, 1.165) is 19.3 Å². The Morgan fingerprint density at radius 1 is 1.23 bits per heavy atom. The first-order chi connectivity index (χ1) is 5.81. The van der Waals surface area contributed by atoms with Crippen LogP contribution in [-0.4, -0.2) is 18.4 Å². The summed E-state index contributed by atoms with van der Waals surface area (Å²) in [5.41, 5.74) is -0.617. The highest BCUT2D eigenvalue weighted by Gasteiger charge is 2.38. The van der Waals surface area contributed by atoms with Gasteiger partial charge in [-0.2, -0.15) is 13.2 Å². The number of rotatable bonds is 3. The summed E-state index contributed by atoms with van der Waals surface area (Å²) in [6, 6.07) is 0. The molecule has 0 N–H and O–H groups in total. The zero-order valence-electron chi connectivity index (χ0n) is 7.95. The molecular weight excluding hydrogens is 181 g/mol. The second kappa shape index (κ2) is 3.48. The van der Waals surface area contributed by atoms with E-state index in [4.69, 9.17) is 4.74 Å². The Balaban J connectivity index is 2.33. The van der Waals surface area contributed by atoms with Crippen LogP contribution in [0, 0.1) is 5.92 Å². The average molecular weight is 196 g/mol. The van der Waals surface area contributed by atoms with Crippen molar-refractivity contribution in [1.82, 2.24) is 0 Å². The third-order valence-electron chi connectivity index (χ3n) is 2.70. The molecule has 1 rings (SSSR count). The van der Waals surface area contributed by atoms with Crippen molar-refractivity contribution in [3.8, 4) is 0 Å². The summed E-state index contributed by atoms with van der Waals surface area (Å²) in [4.78, 5) is 0. The van der Waals surface area contributed by atoms with Crippen molar-refractivity contribution in [1.29, 1.82) is 0 Å². The predicted octanol–water partition coefficient (Wildman–Crippen LogP) is 3.14. The molecule has 13 heavy (non-hydrogen) atoms. The van der Waals surface area contributed by atoms with E-state index in [1.165, 1.54) is 0 Å². The molecule has 0 spiro atoms. The van der Waals surface area contributed by atoms with Crippen molar-refractivity contribution < 1.29 is 17.9 Å². The summed E-state index contributed by atoms with van der Waals surface area (Å²) in [5.74, 6) is 0.301. The van der Waals surface area contributed by atoms with Crippen molar-refractivity contribution in [3.05, 3.63) is 0 Å². The molecule has 0 bridgehead atoms. The van der Waals surface area contributed by atoms with Crippen LogP contribution in [0.1, 0.15) is 33.1 Å². The largest absolute Gasteiger partial charge is 0.411 e. The summed E-state index contributed by atoms with van der Waals surface area (Å²) in [5, 5.41) is 0. The van der Waals surface area contributed by atoms with Gasteiger partial charge in [-0.15, -0.1) is 0 Å². The Hall–Kier alpha value is -0.250. The molecule has 1 nitrogen and oxygen atoms in total. The zero-order valence-corrected chi connectivity index (χ0v) is 7.95. The molecule has 1 saturated carbocycles. The van der Waals surface area contributed by atoms with Crippen molar-refractivity contribution in [3.63, 3.8) is 0 Å². The van der Waals surface area contributed by atoms with Gasteiger partial charge in [0.25, 0.3) is 0 Å². The minimum absolute atomic E-state index is 0.301. The molecule has 0 radical (unpaired) electrons. The minimum atomic E-state index is -4.21. The van der Waals surface area contributed by atoms with E-state index in [1.54, 1.807) is 13.8 Å². The molecule has 0 saturated heterocycles. The summed E-state index contributed by atoms with van der Waals surface area (Å²) in [6.07, 6.45) is -1.11. The van der Waals surface area contributed by atoms with Crippen LogP contribution in [-0.2, 0) is 4.74 Å². The maximum Gasteiger partial charge on any atom is 0.411 e. The van der Waals surface area contributed by atoms with E-state index in [1.807, 2.05) is 0 Å². The first-order valence-electron chi connectivity index (χ1n) is 4.52. The molecule has 1 aliphatic rings. The van der Waals surface area contributed by atoms with Gasteiger partial charge in [0.1, 0.15) is 6.61 Å². The van der Waals surface area contributed by atoms with Gasteiger partial charge in [0.05, 0.1) is 5.60 Å². The Morgan fingerprint density at radius 2 is 1.77 bits per heavy atom. The van der Waals surface area contributed by atoms with E-state index >= 15 is 0 Å². The zero-order chi connectivity index (χ0) is 10.1. The molecule has 78 valence electrons. The van der Waals surface area contributed by atoms with Crippen LogP contribution < -0.4 is 0 Å². The lowest BCUT2D eigenvalue weighted by molar-refractivity contribution is -0.213. The fourth-order valence-corrected chi connectivity index (χ4v) is 1.49. The Labute approximate surface area is 76.3 Å². The van der Waals surface area contributed by atoms with Crippen molar-refractivity contribution in [2.45, 2.75) is 44.9 Å². The first kappa shape index (κ1) is 10.8. The van der Waals surface area contributed by atoms with Crippen LogP contribution >= 0.6 is 0 Å². The SMILES string of the molecule is CC(C)(OCC(F)(F)F)C1CCC1. The molecule has 1 aliphatic carbocycles. The molecule has 0 aromatic heterocycles. The molecule has 0 aromatic rings. The average Bonchev–Trinajstić information content (AvgIpc) is 1.77. The highest BCUT2D eigenvalue weighted by molar-refractivity contribution is 4.85. The predicted molar refractivity (Wildman–Crippen MR) is 43.4 cm³/mol. The summed E-state index contributed by atoms with van der Waals surface area (Å²) < 4.78 is 40.4. The highest BCUT2D eigenvalue weighted by Crippen LogP contribution is 2.38. The lowest BCUT2D eigenvalue weighted by atomic mass is 9.74. The first-order valence-corrected chi connectivity index (χ1v) is 4.52. The molecule has 0 aliphatic heterocycles. The van der Waals surface area contributed by atoms with Crippen LogP contribution in [0.25, 0.3) is 0 Å². The smallest absolute Gasteiger partial charge is 0.366 e. The number of hydrogen-bond acceptors (Lipinski definition) is 1. The third-order valence-corrected chi connectivity index (χ3v) is 2.70. The maximum atomic E-state index is 11.8. The molecule has 0 unspecified atom stereocenters. The minimum Gasteiger partial charge on any atom is -0.366 e. The van der Waals surface area contributed by atoms with E-state index in [9.17, 15) is 13.2 Å². The summed E-state index contributed by atoms with van der Waals surface area (Å²) in [7, 11) is 0. The second-order valence-electron chi connectivity index (χ2n) is 4.14. The van der Waals surface area contributed by atoms with Crippen LogP contribution in [0.4, 0.5) is 13.2 Å². The maximum absolute atomic E-state index is 11.8. The lowest BCUT2D eigenvalue weighted by Crippen LogP contribution is -2.40. The van der Waals surface area contributed by atoms with Crippen molar-refractivity contribution in [2.24, 2.45) is 5.92 Å². The monoisotopic (exact) mass is 196 g/mol. The van der Waals surface area contributed by atoms with Gasteiger partial charge in [0.15, 0.2) is 0 Å². The second-order valence-corrected chi connectivity index (χ2v) is 4.14. The molecule has 4 heteroatoms. The number of halogens is 3. The van der Waals surface area contributed by atoms with E-state index in [2.05, 4.69) is 0 Å². The van der Waals surface area contributed by atoms with Gasteiger partial charge < -0.3 is 4.74 Å². The normalized spacial score (nSPS) is 20.1. The molecule has 1 fully saturated rings. The summed E-state index contributed by atoms with van der Waals surface area (Å²) >= 11 is 0. The molecule has 0 aromatic carbocycles. The van der Waals surface area contributed by atoms with Gasteiger partial charge >= 0.3 is 6.18 Å². The fraction of sp³-hybridized carbons (Fsp3) is 1.00. The van der Waals surface area contributed by atoms with E-state index in [0.29, 0.717) is 5.92 Å². The van der Waals surface area contributed by atoms with Gasteiger partial charge in [0, 0.05) is 0 Å². The van der Waals surface area contributed by atoms with Crippen molar-refractivity contribution >= 4 is 0 Å². The van der Waals surface area contributed by atoms with Gasteiger partial charge in [-0.25, -0.2) is 0 Å². The van der Waals surface area contributed by atoms with Gasteiger partial charge in [-0.3, -0.25) is 0 Å². The standard InChI is InChI=1S/C9H15F3O/c1-8(2,7-4-3-5-7)13-6-9(10,11)12/h7H,3-6H2,1-2H3. The number of hydrogen-bond donors (Lipinski definition) is 0. The van der Waals surface area contributed by atoms with E-state index in [-0.39, 0.29) is 0 Å². The third kappa shape index (κ3) is 3.18. The van der Waals surface area contributed by atoms with Gasteiger partial charge in [-0.1, -0.05) is 6.42 Å². The molecule has 0 amide bonds. The van der Waals surface area contributed by atoms with Crippen LogP contribution in [0.15, 0.2) is 0 Å². The quantitative estimate of drug-likeness (QED) is 0.673. The van der Waals surface area contributed by atoms with Crippen LogP contribution in [0.5, 0.6) is 0 Å². The van der Waals surface area contributed by atoms with Crippen LogP contribution in [0.3, 0.4) is 0 Å². The Morgan fingerprint density at radius 3 is 2.08 bits per heavy atom. The highest BCUT2D eigenvalue weighted by atomic mass is 19.4. The molecular formula is C9H15F3O. The van der Waals surface area contributed by atoms with E-state index < -0.39 is 18.4 Å². The Kier molecular flexibility index (Phi) is 2.90. The van der Waals surface area contributed by atoms with Crippen LogP contribution in [0.2, 0.25) is 0 Å².